The summed E-state index contributed by atoms with van der Waals surface area (Å²) in [6, 6.07) is 6.11. The van der Waals surface area contributed by atoms with Crippen molar-refractivity contribution in [2.24, 2.45) is 5.41 Å². The number of amides is 1. The van der Waals surface area contributed by atoms with Crippen molar-refractivity contribution in [3.05, 3.63) is 35.6 Å². The zero-order valence-corrected chi connectivity index (χ0v) is 10.9. The van der Waals surface area contributed by atoms with Crippen LogP contribution < -0.4 is 5.32 Å². The zero-order valence-electron chi connectivity index (χ0n) is 10.9. The molecule has 0 saturated heterocycles. The minimum Gasteiger partial charge on any atom is -0.349 e. The Bertz CT molecular complexity index is 449. The lowest BCUT2D eigenvalue weighted by atomic mass is 9.91. The van der Waals surface area contributed by atoms with Crippen molar-refractivity contribution < 1.29 is 14.0 Å². The third-order valence-electron chi connectivity index (χ3n) is 2.59. The van der Waals surface area contributed by atoms with Gasteiger partial charge in [0, 0.05) is 5.41 Å². The van der Waals surface area contributed by atoms with E-state index < -0.39 is 11.2 Å². The summed E-state index contributed by atoms with van der Waals surface area (Å²) in [4.78, 5) is 23.2. The second-order valence-electron chi connectivity index (χ2n) is 5.22. The molecule has 0 aliphatic heterocycles. The van der Waals surface area contributed by atoms with Gasteiger partial charge in [-0.2, -0.15) is 0 Å². The molecule has 0 aromatic heterocycles. The highest BCUT2D eigenvalue weighted by atomic mass is 19.1. The molecule has 0 atom stereocenters. The van der Waals surface area contributed by atoms with Crippen molar-refractivity contribution in [2.75, 3.05) is 6.54 Å². The van der Waals surface area contributed by atoms with Gasteiger partial charge in [-0.1, -0.05) is 39.0 Å². The van der Waals surface area contributed by atoms with Gasteiger partial charge < -0.3 is 5.32 Å². The predicted octanol–water partition coefficient (Wildman–Crippen LogP) is 2.10. The molecule has 0 saturated carbocycles. The standard InChI is InChI=1S/C14H18FNO2/c1-14(2,3)12(17)9-16-13(18)8-10-6-4-5-7-11(10)15/h4-7H,8-9H2,1-3H3,(H,16,18). The largest absolute Gasteiger partial charge is 0.349 e. The third kappa shape index (κ3) is 4.28. The molecule has 0 spiro atoms. The van der Waals surface area contributed by atoms with E-state index in [1.165, 1.54) is 6.07 Å². The van der Waals surface area contributed by atoms with Crippen LogP contribution in [-0.4, -0.2) is 18.2 Å². The number of carbonyl (C=O) groups is 2. The van der Waals surface area contributed by atoms with Gasteiger partial charge in [0.25, 0.3) is 0 Å². The molecule has 0 unspecified atom stereocenters. The van der Waals surface area contributed by atoms with Gasteiger partial charge >= 0.3 is 0 Å². The average Bonchev–Trinajstić information content (AvgIpc) is 2.27. The number of rotatable bonds is 4. The molecule has 1 aromatic carbocycles. The summed E-state index contributed by atoms with van der Waals surface area (Å²) in [5, 5.41) is 2.51. The third-order valence-corrected chi connectivity index (χ3v) is 2.59. The first-order valence-electron chi connectivity index (χ1n) is 5.84. The van der Waals surface area contributed by atoms with E-state index in [0.717, 1.165) is 0 Å². The summed E-state index contributed by atoms with van der Waals surface area (Å²) in [5.41, 5.74) is -0.149. The highest BCUT2D eigenvalue weighted by Crippen LogP contribution is 2.13. The van der Waals surface area contributed by atoms with Crippen LogP contribution >= 0.6 is 0 Å². The molecule has 18 heavy (non-hydrogen) atoms. The Balaban J connectivity index is 2.49. The van der Waals surface area contributed by atoms with Crippen LogP contribution in [0.25, 0.3) is 0 Å². The van der Waals surface area contributed by atoms with E-state index in [1.807, 2.05) is 0 Å². The molecule has 1 amide bonds. The average molecular weight is 251 g/mol. The maximum atomic E-state index is 13.3. The van der Waals surface area contributed by atoms with Crippen LogP contribution in [0.1, 0.15) is 26.3 Å². The summed E-state index contributed by atoms with van der Waals surface area (Å²) >= 11 is 0. The second-order valence-corrected chi connectivity index (χ2v) is 5.22. The maximum Gasteiger partial charge on any atom is 0.224 e. The summed E-state index contributed by atoms with van der Waals surface area (Å²) in [5.74, 6) is -0.808. The van der Waals surface area contributed by atoms with Crippen LogP contribution in [0.2, 0.25) is 0 Å². The van der Waals surface area contributed by atoms with E-state index in [1.54, 1.807) is 39.0 Å². The summed E-state index contributed by atoms with van der Waals surface area (Å²) < 4.78 is 13.3. The number of Topliss-reactive ketones (excluding diaryl/α,β-unsaturated/α-hetero) is 1. The fourth-order valence-corrected chi connectivity index (χ4v) is 1.32. The predicted molar refractivity (Wildman–Crippen MR) is 67.6 cm³/mol. The van der Waals surface area contributed by atoms with Crippen molar-refractivity contribution in [2.45, 2.75) is 27.2 Å². The molecule has 1 N–H and O–H groups in total. The van der Waals surface area contributed by atoms with Gasteiger partial charge in [-0.05, 0) is 11.6 Å². The molecule has 0 radical (unpaired) electrons. The Kier molecular flexibility index (Phi) is 4.59. The maximum absolute atomic E-state index is 13.3. The number of benzene rings is 1. The highest BCUT2D eigenvalue weighted by molar-refractivity contribution is 5.89. The Labute approximate surface area is 106 Å². The minimum absolute atomic E-state index is 0.0171. The number of nitrogens with one attached hydrogen (secondary N) is 1. The number of halogens is 1. The lowest BCUT2D eigenvalue weighted by Crippen LogP contribution is -2.36. The lowest BCUT2D eigenvalue weighted by Gasteiger charge is -2.16. The van der Waals surface area contributed by atoms with Crippen molar-refractivity contribution in [3.63, 3.8) is 0 Å². The molecule has 3 nitrogen and oxygen atoms in total. The van der Waals surface area contributed by atoms with Crippen LogP contribution in [0.15, 0.2) is 24.3 Å². The first kappa shape index (κ1) is 14.4. The van der Waals surface area contributed by atoms with E-state index >= 15 is 0 Å². The van der Waals surface area contributed by atoms with Gasteiger partial charge in [-0.15, -0.1) is 0 Å². The Hall–Kier alpha value is -1.71. The smallest absolute Gasteiger partial charge is 0.224 e. The molecule has 0 heterocycles. The highest BCUT2D eigenvalue weighted by Gasteiger charge is 2.21. The molecule has 0 fully saturated rings. The number of ketones is 1. The van der Waals surface area contributed by atoms with Crippen LogP contribution in [0, 0.1) is 11.2 Å². The van der Waals surface area contributed by atoms with Gasteiger partial charge in [0.2, 0.25) is 5.91 Å². The van der Waals surface area contributed by atoms with Crippen molar-refractivity contribution in [1.82, 2.24) is 5.32 Å². The van der Waals surface area contributed by atoms with Crippen molar-refractivity contribution in [1.29, 1.82) is 0 Å². The molecule has 0 bridgehead atoms. The number of hydrogen-bond acceptors (Lipinski definition) is 2. The summed E-state index contributed by atoms with van der Waals surface area (Å²) in [7, 11) is 0. The number of carbonyl (C=O) groups excluding carboxylic acids is 2. The van der Waals surface area contributed by atoms with Gasteiger partial charge in [0.15, 0.2) is 5.78 Å². The van der Waals surface area contributed by atoms with Crippen LogP contribution in [0.3, 0.4) is 0 Å². The molecular weight excluding hydrogens is 233 g/mol. The van der Waals surface area contributed by atoms with E-state index in [2.05, 4.69) is 5.32 Å². The normalized spacial score (nSPS) is 11.1. The topological polar surface area (TPSA) is 46.2 Å². The van der Waals surface area contributed by atoms with Crippen LogP contribution in [0.5, 0.6) is 0 Å². The quantitative estimate of drug-likeness (QED) is 0.890. The van der Waals surface area contributed by atoms with Gasteiger partial charge in [-0.25, -0.2) is 4.39 Å². The molecule has 4 heteroatoms. The Morgan fingerprint density at radius 1 is 1.22 bits per heavy atom. The minimum atomic E-state index is -0.481. The van der Waals surface area contributed by atoms with Gasteiger partial charge in [0.05, 0.1) is 13.0 Å². The van der Waals surface area contributed by atoms with E-state index in [9.17, 15) is 14.0 Å². The Morgan fingerprint density at radius 3 is 2.39 bits per heavy atom. The van der Waals surface area contributed by atoms with Crippen molar-refractivity contribution >= 4 is 11.7 Å². The van der Waals surface area contributed by atoms with Crippen LogP contribution in [-0.2, 0) is 16.0 Å². The lowest BCUT2D eigenvalue weighted by molar-refractivity contribution is -0.128. The molecule has 1 aromatic rings. The summed E-state index contributed by atoms with van der Waals surface area (Å²) in [6.07, 6.45) is -0.0515. The number of hydrogen-bond donors (Lipinski definition) is 1. The first-order valence-corrected chi connectivity index (χ1v) is 5.84. The fraction of sp³-hybridized carbons (Fsp3) is 0.429. The molecular formula is C14H18FNO2. The van der Waals surface area contributed by atoms with Gasteiger partial charge in [-0.3, -0.25) is 9.59 Å². The molecule has 1 rings (SSSR count). The van der Waals surface area contributed by atoms with Gasteiger partial charge in [0.1, 0.15) is 5.82 Å². The zero-order chi connectivity index (χ0) is 13.8. The van der Waals surface area contributed by atoms with E-state index in [0.29, 0.717) is 5.56 Å². The second kappa shape index (κ2) is 5.76. The van der Waals surface area contributed by atoms with E-state index in [4.69, 9.17) is 0 Å². The Morgan fingerprint density at radius 2 is 1.83 bits per heavy atom. The molecule has 0 aliphatic carbocycles. The van der Waals surface area contributed by atoms with Crippen LogP contribution in [0.4, 0.5) is 4.39 Å². The SMILES string of the molecule is CC(C)(C)C(=O)CNC(=O)Cc1ccccc1F. The van der Waals surface area contributed by atoms with Crippen molar-refractivity contribution in [3.8, 4) is 0 Å². The van der Waals surface area contributed by atoms with E-state index in [-0.39, 0.29) is 24.7 Å². The molecule has 98 valence electrons. The summed E-state index contributed by atoms with van der Waals surface area (Å²) in [6.45, 7) is 5.35. The first-order chi connectivity index (χ1) is 8.30. The fourth-order valence-electron chi connectivity index (χ4n) is 1.32. The molecule has 0 aliphatic rings. The monoisotopic (exact) mass is 251 g/mol.